The lowest BCUT2D eigenvalue weighted by molar-refractivity contribution is -0.120. The lowest BCUT2D eigenvalue weighted by atomic mass is 10.0. The molecule has 0 saturated heterocycles. The van der Waals surface area contributed by atoms with Gasteiger partial charge in [-0.3, -0.25) is 19.6 Å². The number of ether oxygens (including phenoxy) is 1. The quantitative estimate of drug-likeness (QED) is 0.324. The van der Waals surface area contributed by atoms with Gasteiger partial charge in [-0.25, -0.2) is 0 Å². The van der Waals surface area contributed by atoms with E-state index in [-0.39, 0.29) is 22.6 Å². The van der Waals surface area contributed by atoms with Gasteiger partial charge in [0.1, 0.15) is 23.3 Å². The van der Waals surface area contributed by atoms with Crippen LogP contribution in [0.15, 0.2) is 58.0 Å². The Labute approximate surface area is 182 Å². The van der Waals surface area contributed by atoms with Crippen LogP contribution in [-0.4, -0.2) is 37.0 Å². The Morgan fingerprint density at radius 3 is 2.70 bits per heavy atom. The summed E-state index contributed by atoms with van der Waals surface area (Å²) in [6, 6.07) is 10.5. The summed E-state index contributed by atoms with van der Waals surface area (Å²) in [7, 11) is -4.44. The fourth-order valence-corrected chi connectivity index (χ4v) is 4.31. The Hall–Kier alpha value is -2.53. The fraction of sp³-hybridized carbons (Fsp3) is 0.200. The third-order valence-corrected chi connectivity index (χ3v) is 5.88. The molecule has 30 heavy (non-hydrogen) atoms. The molecule has 0 aliphatic heterocycles. The van der Waals surface area contributed by atoms with Gasteiger partial charge in [-0.15, -0.1) is 0 Å². The number of benzene rings is 2. The van der Waals surface area contributed by atoms with Gasteiger partial charge >= 0.3 is 0 Å². The largest absolute Gasteiger partial charge is 0.492 e. The van der Waals surface area contributed by atoms with Gasteiger partial charge in [0, 0.05) is 28.0 Å². The number of carbonyl (C=O) groups excluding carboxylic acids is 1. The number of pyridine rings is 1. The number of carbonyl (C=O) groups is 1. The molecule has 2 aromatic carbocycles. The number of nitrogens with two attached hydrogens (primary N) is 1. The van der Waals surface area contributed by atoms with E-state index in [1.807, 2.05) is 25.1 Å². The van der Waals surface area contributed by atoms with Crippen molar-refractivity contribution in [2.24, 2.45) is 5.73 Å². The number of hydrogen-bond donors (Lipinski definition) is 3. The summed E-state index contributed by atoms with van der Waals surface area (Å²) >= 11 is 3.40. The van der Waals surface area contributed by atoms with Crippen molar-refractivity contribution in [2.75, 3.05) is 13.2 Å². The van der Waals surface area contributed by atoms with Crippen molar-refractivity contribution < 1.29 is 22.5 Å². The van der Waals surface area contributed by atoms with Crippen LogP contribution < -0.4 is 15.8 Å². The average molecular weight is 494 g/mol. The van der Waals surface area contributed by atoms with E-state index in [9.17, 15) is 17.8 Å². The highest BCUT2D eigenvalue weighted by atomic mass is 79.9. The molecule has 3 rings (SSSR count). The van der Waals surface area contributed by atoms with Crippen molar-refractivity contribution in [3.05, 3.63) is 64.4 Å². The molecule has 1 amide bonds. The Bertz CT molecular complexity index is 1200. The highest BCUT2D eigenvalue weighted by Crippen LogP contribution is 2.27. The number of hydrogen-bond acceptors (Lipinski definition) is 6. The Balaban J connectivity index is 1.81. The molecule has 10 heteroatoms. The van der Waals surface area contributed by atoms with Gasteiger partial charge in [-0.1, -0.05) is 28.1 Å². The van der Waals surface area contributed by atoms with Crippen molar-refractivity contribution in [2.45, 2.75) is 17.9 Å². The molecule has 4 N–H and O–H groups in total. The maximum absolute atomic E-state index is 12.1. The number of nitrogens with zero attached hydrogens (tertiary/aromatic N) is 1. The summed E-state index contributed by atoms with van der Waals surface area (Å²) in [4.78, 5) is 16.1. The highest BCUT2D eigenvalue weighted by Gasteiger charge is 2.23. The van der Waals surface area contributed by atoms with Crippen molar-refractivity contribution >= 4 is 42.7 Å². The third-order valence-electron chi connectivity index (χ3n) is 4.48. The first-order chi connectivity index (χ1) is 14.2. The number of rotatable bonds is 8. The van der Waals surface area contributed by atoms with Crippen molar-refractivity contribution in [1.82, 2.24) is 10.3 Å². The van der Waals surface area contributed by atoms with Crippen LogP contribution in [0, 0.1) is 6.92 Å². The van der Waals surface area contributed by atoms with Crippen molar-refractivity contribution in [3.8, 4) is 5.75 Å². The molecule has 0 bridgehead atoms. The maximum atomic E-state index is 12.1. The van der Waals surface area contributed by atoms with Gasteiger partial charge in [-0.2, -0.15) is 8.42 Å². The first kappa shape index (κ1) is 22.2. The number of nitrogens with one attached hydrogen (secondary N) is 1. The van der Waals surface area contributed by atoms with Crippen molar-refractivity contribution in [1.29, 1.82) is 0 Å². The van der Waals surface area contributed by atoms with Crippen molar-refractivity contribution in [3.63, 3.8) is 0 Å². The summed E-state index contributed by atoms with van der Waals surface area (Å²) in [6.07, 6.45) is 1.37. The van der Waals surface area contributed by atoms with Gasteiger partial charge in [-0.05, 0) is 42.8 Å². The Kier molecular flexibility index (Phi) is 6.71. The van der Waals surface area contributed by atoms with Gasteiger partial charge in [0.2, 0.25) is 5.91 Å². The zero-order valence-corrected chi connectivity index (χ0v) is 18.4. The first-order valence-electron chi connectivity index (χ1n) is 8.95. The Morgan fingerprint density at radius 2 is 2.03 bits per heavy atom. The molecule has 0 fully saturated rings. The zero-order chi connectivity index (χ0) is 21.9. The minimum absolute atomic E-state index is 0.250. The lowest BCUT2D eigenvalue weighted by Crippen LogP contribution is -2.36. The average Bonchev–Trinajstić information content (AvgIpc) is 2.67. The molecule has 0 radical (unpaired) electrons. The molecular weight excluding hydrogens is 474 g/mol. The predicted octanol–water partition coefficient (Wildman–Crippen LogP) is 2.75. The first-order valence-corrected chi connectivity index (χ1v) is 11.2. The molecule has 1 heterocycles. The van der Waals surface area contributed by atoms with Gasteiger partial charge < -0.3 is 10.5 Å². The topological polar surface area (TPSA) is 132 Å². The standard InChI is InChI=1S/C20H20BrN3O5S/c1-12-11-13(21)5-6-16(12)29-10-9-24-19(20(22)25)18-15-3-2-4-17(30(26,27)28)14(15)7-8-23-18/h2-8,11,19,24H,9-10H2,1H3,(H2,22,25)(H,26,27,28). The summed E-state index contributed by atoms with van der Waals surface area (Å²) in [5.41, 5.74) is 6.79. The SMILES string of the molecule is Cc1cc(Br)ccc1OCCNC(C(N)=O)c1nccc2c(S(=O)(=O)O)cccc12. The van der Waals surface area contributed by atoms with Crippen LogP contribution in [0.25, 0.3) is 10.8 Å². The van der Waals surface area contributed by atoms with Crippen LogP contribution in [0.1, 0.15) is 17.3 Å². The highest BCUT2D eigenvalue weighted by molar-refractivity contribution is 9.10. The number of aromatic nitrogens is 1. The number of fused-ring (bicyclic) bond motifs is 1. The van der Waals surface area contributed by atoms with E-state index in [2.05, 4.69) is 26.2 Å². The van der Waals surface area contributed by atoms with E-state index in [1.165, 1.54) is 24.4 Å². The number of aryl methyl sites for hydroxylation is 1. The molecule has 158 valence electrons. The second-order valence-electron chi connectivity index (χ2n) is 6.57. The minimum Gasteiger partial charge on any atom is -0.492 e. The molecular formula is C20H20BrN3O5S. The van der Waals surface area contributed by atoms with Crippen LogP contribution in [0.4, 0.5) is 0 Å². The second-order valence-corrected chi connectivity index (χ2v) is 8.88. The summed E-state index contributed by atoms with van der Waals surface area (Å²) in [5.74, 6) is 0.0452. The van der Waals surface area contributed by atoms with E-state index in [0.29, 0.717) is 11.9 Å². The van der Waals surface area contributed by atoms with E-state index in [4.69, 9.17) is 10.5 Å². The number of amides is 1. The van der Waals surface area contributed by atoms with E-state index in [0.717, 1.165) is 15.8 Å². The number of halogens is 1. The van der Waals surface area contributed by atoms with E-state index < -0.39 is 22.1 Å². The molecule has 1 aromatic heterocycles. The van der Waals surface area contributed by atoms with Crippen LogP contribution in [0.2, 0.25) is 0 Å². The maximum Gasteiger partial charge on any atom is 0.295 e. The molecule has 0 saturated carbocycles. The third kappa shape index (κ3) is 4.96. The monoisotopic (exact) mass is 493 g/mol. The molecule has 8 nitrogen and oxygen atoms in total. The minimum atomic E-state index is -4.44. The van der Waals surface area contributed by atoms with Gasteiger partial charge in [0.05, 0.1) is 5.69 Å². The van der Waals surface area contributed by atoms with Crippen LogP contribution >= 0.6 is 15.9 Å². The molecule has 0 spiro atoms. The zero-order valence-electron chi connectivity index (χ0n) is 16.0. The summed E-state index contributed by atoms with van der Waals surface area (Å²) < 4.78 is 39.5. The number of primary amides is 1. The summed E-state index contributed by atoms with van der Waals surface area (Å²) in [5, 5.41) is 3.65. The van der Waals surface area contributed by atoms with Gasteiger partial charge in [0.25, 0.3) is 10.1 Å². The Morgan fingerprint density at radius 1 is 1.27 bits per heavy atom. The lowest BCUT2D eigenvalue weighted by Gasteiger charge is -2.18. The second kappa shape index (κ2) is 9.09. The molecule has 1 atom stereocenters. The predicted molar refractivity (Wildman–Crippen MR) is 116 cm³/mol. The van der Waals surface area contributed by atoms with Crippen LogP contribution in [0.5, 0.6) is 5.75 Å². The fourth-order valence-electron chi connectivity index (χ4n) is 3.13. The smallest absolute Gasteiger partial charge is 0.295 e. The normalized spacial score (nSPS) is 12.6. The van der Waals surface area contributed by atoms with Crippen LogP contribution in [-0.2, 0) is 14.9 Å². The van der Waals surface area contributed by atoms with Gasteiger partial charge in [0.15, 0.2) is 0 Å². The van der Waals surface area contributed by atoms with E-state index >= 15 is 0 Å². The molecule has 3 aromatic rings. The molecule has 0 aliphatic rings. The molecule has 1 unspecified atom stereocenters. The van der Waals surface area contributed by atoms with Crippen LogP contribution in [0.3, 0.4) is 0 Å². The summed E-state index contributed by atoms with van der Waals surface area (Å²) in [6.45, 7) is 2.49. The van der Waals surface area contributed by atoms with E-state index in [1.54, 1.807) is 6.07 Å². The molecule has 0 aliphatic carbocycles.